The lowest BCUT2D eigenvalue weighted by molar-refractivity contribution is 1.33. The molecule has 0 saturated carbocycles. The Morgan fingerprint density at radius 1 is 0.473 bits per heavy atom. The van der Waals surface area contributed by atoms with Gasteiger partial charge in [-0.25, -0.2) is 9.98 Å². The van der Waals surface area contributed by atoms with Crippen LogP contribution in [0, 0.1) is 0 Å². The number of fused-ring (bicyclic) bond motifs is 3. The first-order chi connectivity index (χ1) is 27.2. The normalized spacial score (nSPS) is 12.2. The Labute approximate surface area is 321 Å². The Morgan fingerprint density at radius 2 is 1.09 bits per heavy atom. The number of benzene rings is 8. The van der Waals surface area contributed by atoms with E-state index in [0.29, 0.717) is 5.84 Å². The highest BCUT2D eigenvalue weighted by molar-refractivity contribution is 6.21. The molecule has 3 heteroatoms. The predicted molar refractivity (Wildman–Crippen MR) is 234 cm³/mol. The Balaban J connectivity index is 1.21. The molecule has 0 fully saturated rings. The van der Waals surface area contributed by atoms with E-state index in [1.807, 2.05) is 25.4 Å². The summed E-state index contributed by atoms with van der Waals surface area (Å²) in [7, 11) is 0. The molecule has 0 unspecified atom stereocenters. The van der Waals surface area contributed by atoms with Crippen molar-refractivity contribution in [3.63, 3.8) is 0 Å². The SMILES string of the molecule is C/C=C(\N=C(N=Cc1cccc(-c2cccnc2)c1)c1cccc(-c2c3ccccc3c(-c3ccccc3)c3ccccc23)c1)c1ccc2ccccc2c1. The molecule has 8 aromatic carbocycles. The smallest absolute Gasteiger partial charge is 0.159 e. The molecule has 260 valence electrons. The number of pyridine rings is 1. The highest BCUT2D eigenvalue weighted by Crippen LogP contribution is 2.43. The molecule has 0 aliphatic carbocycles. The largest absolute Gasteiger partial charge is 0.264 e. The van der Waals surface area contributed by atoms with Gasteiger partial charge in [0.25, 0.3) is 0 Å². The summed E-state index contributed by atoms with van der Waals surface area (Å²) in [6, 6.07) is 64.3. The van der Waals surface area contributed by atoms with Crippen molar-refractivity contribution < 1.29 is 0 Å². The van der Waals surface area contributed by atoms with Gasteiger partial charge in [-0.1, -0.05) is 164 Å². The molecule has 0 spiro atoms. The lowest BCUT2D eigenvalue weighted by atomic mass is 9.85. The molecule has 55 heavy (non-hydrogen) atoms. The van der Waals surface area contributed by atoms with Gasteiger partial charge in [-0.05, 0) is 96.9 Å². The topological polar surface area (TPSA) is 37.6 Å². The number of aromatic nitrogens is 1. The summed E-state index contributed by atoms with van der Waals surface area (Å²) < 4.78 is 0. The van der Waals surface area contributed by atoms with Crippen molar-refractivity contribution in [1.29, 1.82) is 0 Å². The molecule has 0 N–H and O–H groups in total. The van der Waals surface area contributed by atoms with Crippen LogP contribution in [0.5, 0.6) is 0 Å². The first-order valence-electron chi connectivity index (χ1n) is 18.6. The minimum atomic E-state index is 0.629. The molecule has 0 bridgehead atoms. The van der Waals surface area contributed by atoms with Crippen molar-refractivity contribution in [2.75, 3.05) is 0 Å². The van der Waals surface area contributed by atoms with E-state index >= 15 is 0 Å². The van der Waals surface area contributed by atoms with E-state index in [-0.39, 0.29) is 0 Å². The van der Waals surface area contributed by atoms with Gasteiger partial charge in [-0.2, -0.15) is 0 Å². The highest BCUT2D eigenvalue weighted by Gasteiger charge is 2.17. The van der Waals surface area contributed by atoms with Gasteiger partial charge in [-0.3, -0.25) is 4.98 Å². The number of hydrogen-bond acceptors (Lipinski definition) is 2. The molecule has 9 aromatic rings. The number of aliphatic imine (C=N–C) groups is 2. The summed E-state index contributed by atoms with van der Waals surface area (Å²) >= 11 is 0. The van der Waals surface area contributed by atoms with Crippen LogP contribution in [0.4, 0.5) is 0 Å². The molecule has 0 aliphatic heterocycles. The Morgan fingerprint density at radius 3 is 1.80 bits per heavy atom. The van der Waals surface area contributed by atoms with Crippen molar-refractivity contribution >= 4 is 50.1 Å². The summed E-state index contributed by atoms with van der Waals surface area (Å²) in [5.74, 6) is 0.629. The Kier molecular flexibility index (Phi) is 9.17. The zero-order valence-electron chi connectivity index (χ0n) is 30.5. The Bertz CT molecular complexity index is 2860. The number of allylic oxidation sites excluding steroid dienone is 1. The van der Waals surface area contributed by atoms with Gasteiger partial charge in [0.2, 0.25) is 0 Å². The van der Waals surface area contributed by atoms with Gasteiger partial charge in [-0.15, -0.1) is 0 Å². The number of amidine groups is 1. The highest BCUT2D eigenvalue weighted by atomic mass is 14.9. The molecule has 1 heterocycles. The van der Waals surface area contributed by atoms with Crippen molar-refractivity contribution in [3.05, 3.63) is 217 Å². The third-order valence-corrected chi connectivity index (χ3v) is 10.2. The van der Waals surface area contributed by atoms with E-state index in [4.69, 9.17) is 9.98 Å². The first-order valence-corrected chi connectivity index (χ1v) is 18.6. The van der Waals surface area contributed by atoms with Crippen LogP contribution in [0.2, 0.25) is 0 Å². The predicted octanol–water partition coefficient (Wildman–Crippen LogP) is 13.5. The molecule has 0 saturated heterocycles. The first kappa shape index (κ1) is 33.6. The maximum Gasteiger partial charge on any atom is 0.159 e. The van der Waals surface area contributed by atoms with Crippen molar-refractivity contribution in [2.45, 2.75) is 6.92 Å². The Hall–Kier alpha value is -7.23. The minimum absolute atomic E-state index is 0.629. The number of nitrogens with zero attached hydrogens (tertiary/aromatic N) is 3. The van der Waals surface area contributed by atoms with Crippen LogP contribution >= 0.6 is 0 Å². The van der Waals surface area contributed by atoms with Crippen LogP contribution in [-0.4, -0.2) is 17.0 Å². The summed E-state index contributed by atoms with van der Waals surface area (Å²) in [5, 5.41) is 7.23. The molecule has 9 rings (SSSR count). The molecular formula is C52H37N3. The average Bonchev–Trinajstić information content (AvgIpc) is 3.26. The standard InChI is InChI=1S/C52H37N3/c1-2-49(41-29-28-37-16-6-7-19-40(37)32-41)55-52(54-34-36-15-12-20-39(31-36)44-23-14-30-53-35-44)43-22-13-21-42(33-43)51-47-26-10-8-24-45(47)50(38-17-4-3-5-18-38)46-25-9-11-27-48(46)51/h2-35H,1H3/b49-2-,54-34?,55-52?. The van der Waals surface area contributed by atoms with E-state index in [2.05, 4.69) is 187 Å². The van der Waals surface area contributed by atoms with Crippen LogP contribution < -0.4 is 0 Å². The third-order valence-electron chi connectivity index (χ3n) is 10.2. The summed E-state index contributed by atoms with van der Waals surface area (Å²) in [6.45, 7) is 2.04. The lowest BCUT2D eigenvalue weighted by Gasteiger charge is -2.18. The monoisotopic (exact) mass is 703 g/mol. The molecular weight excluding hydrogens is 667 g/mol. The summed E-state index contributed by atoms with van der Waals surface area (Å²) in [4.78, 5) is 14.8. The van der Waals surface area contributed by atoms with E-state index in [1.54, 1.807) is 6.20 Å². The van der Waals surface area contributed by atoms with Crippen LogP contribution in [0.25, 0.3) is 71.4 Å². The van der Waals surface area contributed by atoms with Crippen molar-refractivity contribution in [3.8, 4) is 33.4 Å². The maximum absolute atomic E-state index is 5.32. The van der Waals surface area contributed by atoms with Crippen LogP contribution in [0.3, 0.4) is 0 Å². The van der Waals surface area contributed by atoms with Crippen molar-refractivity contribution in [1.82, 2.24) is 4.98 Å². The zero-order chi connectivity index (χ0) is 37.0. The van der Waals surface area contributed by atoms with Crippen LogP contribution in [0.1, 0.15) is 23.6 Å². The molecule has 0 amide bonds. The maximum atomic E-state index is 5.32. The molecule has 0 radical (unpaired) electrons. The second-order valence-electron chi connectivity index (χ2n) is 13.6. The second-order valence-corrected chi connectivity index (χ2v) is 13.6. The number of hydrogen-bond donors (Lipinski definition) is 0. The van der Waals surface area contributed by atoms with Crippen LogP contribution in [0.15, 0.2) is 210 Å². The summed E-state index contributed by atoms with van der Waals surface area (Å²) in [6.07, 6.45) is 7.66. The zero-order valence-corrected chi connectivity index (χ0v) is 30.5. The van der Waals surface area contributed by atoms with Crippen LogP contribution in [-0.2, 0) is 0 Å². The third kappa shape index (κ3) is 6.76. The summed E-state index contributed by atoms with van der Waals surface area (Å²) in [5.41, 5.74) is 10.7. The fourth-order valence-corrected chi connectivity index (χ4v) is 7.56. The van der Waals surface area contributed by atoms with Gasteiger partial charge in [0.05, 0.1) is 5.70 Å². The fourth-order valence-electron chi connectivity index (χ4n) is 7.56. The molecule has 0 atom stereocenters. The van der Waals surface area contributed by atoms with Gasteiger partial charge in [0.15, 0.2) is 5.84 Å². The van der Waals surface area contributed by atoms with Gasteiger partial charge in [0.1, 0.15) is 0 Å². The fraction of sp³-hybridized carbons (Fsp3) is 0.0192. The van der Waals surface area contributed by atoms with Gasteiger partial charge in [0, 0.05) is 35.3 Å². The van der Waals surface area contributed by atoms with E-state index in [1.165, 1.54) is 49.0 Å². The van der Waals surface area contributed by atoms with E-state index in [9.17, 15) is 0 Å². The number of rotatable bonds is 7. The van der Waals surface area contributed by atoms with E-state index in [0.717, 1.165) is 39.1 Å². The van der Waals surface area contributed by atoms with Gasteiger partial charge < -0.3 is 0 Å². The van der Waals surface area contributed by atoms with Gasteiger partial charge >= 0.3 is 0 Å². The minimum Gasteiger partial charge on any atom is -0.264 e. The molecule has 0 aliphatic rings. The molecule has 3 nitrogen and oxygen atoms in total. The molecule has 1 aromatic heterocycles. The quantitative estimate of drug-likeness (QED) is 0.0925. The lowest BCUT2D eigenvalue weighted by Crippen LogP contribution is -2.01. The second kappa shape index (κ2) is 15.0. The average molecular weight is 704 g/mol. The van der Waals surface area contributed by atoms with Crippen molar-refractivity contribution in [2.24, 2.45) is 9.98 Å². The van der Waals surface area contributed by atoms with E-state index < -0.39 is 0 Å².